The molecule has 1 aromatic carbocycles. The second-order valence-electron chi connectivity index (χ2n) is 7.26. The van der Waals surface area contributed by atoms with Gasteiger partial charge in [-0.15, -0.1) is 0 Å². The van der Waals surface area contributed by atoms with Crippen LogP contribution in [0.1, 0.15) is 32.5 Å². The summed E-state index contributed by atoms with van der Waals surface area (Å²) in [6.45, 7) is 7.46. The zero-order valence-electron chi connectivity index (χ0n) is 15.8. The van der Waals surface area contributed by atoms with Crippen molar-refractivity contribution in [3.63, 3.8) is 0 Å². The molecule has 152 valence electrons. The lowest BCUT2D eigenvalue weighted by Gasteiger charge is -2.34. The first-order valence-corrected chi connectivity index (χ1v) is 10.8. The number of likely N-dealkylation sites (tertiary alicyclic amines) is 1. The summed E-state index contributed by atoms with van der Waals surface area (Å²) in [5.74, 6) is 1.49. The zero-order chi connectivity index (χ0) is 20.3. The first-order valence-electron chi connectivity index (χ1n) is 9.29. The lowest BCUT2D eigenvalue weighted by atomic mass is 9.96. The number of aromatic nitrogens is 3. The molecule has 2 aromatic rings. The highest BCUT2D eigenvalue weighted by Gasteiger charge is 2.29. The van der Waals surface area contributed by atoms with Crippen molar-refractivity contribution >= 4 is 52.4 Å². The van der Waals surface area contributed by atoms with E-state index in [9.17, 15) is 0 Å². The predicted octanol–water partition coefficient (Wildman–Crippen LogP) is 5.55. The molecule has 0 radical (unpaired) electrons. The summed E-state index contributed by atoms with van der Waals surface area (Å²) in [6, 6.07) is 7.78. The molecule has 0 saturated carbocycles. The van der Waals surface area contributed by atoms with Crippen LogP contribution in [-0.2, 0) is 3.79 Å². The minimum Gasteiger partial charge on any atom is -0.354 e. The van der Waals surface area contributed by atoms with Crippen LogP contribution in [0.25, 0.3) is 11.4 Å². The molecule has 9 heteroatoms. The molecule has 1 aliphatic rings. The van der Waals surface area contributed by atoms with Crippen LogP contribution in [0, 0.1) is 5.92 Å². The van der Waals surface area contributed by atoms with Gasteiger partial charge in [0.1, 0.15) is 0 Å². The van der Waals surface area contributed by atoms with Crippen LogP contribution in [0.2, 0.25) is 5.02 Å². The molecule has 3 rings (SSSR count). The Bertz CT molecular complexity index is 784. The van der Waals surface area contributed by atoms with E-state index in [1.807, 2.05) is 12.1 Å². The largest absolute Gasteiger partial charge is 0.354 e. The third-order valence-electron chi connectivity index (χ3n) is 4.92. The topological polar surface area (TPSA) is 53.9 Å². The summed E-state index contributed by atoms with van der Waals surface area (Å²) in [5.41, 5.74) is 0.774. The van der Waals surface area contributed by atoms with E-state index < -0.39 is 3.79 Å². The van der Waals surface area contributed by atoms with Crippen LogP contribution in [0.3, 0.4) is 0 Å². The fourth-order valence-corrected chi connectivity index (χ4v) is 3.60. The van der Waals surface area contributed by atoms with Crippen molar-refractivity contribution in [1.82, 2.24) is 19.9 Å². The van der Waals surface area contributed by atoms with Gasteiger partial charge in [-0.25, -0.2) is 4.98 Å². The van der Waals surface area contributed by atoms with Crippen molar-refractivity contribution in [2.24, 2.45) is 5.92 Å². The molecule has 1 saturated heterocycles. The van der Waals surface area contributed by atoms with E-state index in [-0.39, 0.29) is 5.82 Å². The highest BCUT2D eigenvalue weighted by molar-refractivity contribution is 6.66. The number of nitrogens with zero attached hydrogens (tertiary/aromatic N) is 4. The van der Waals surface area contributed by atoms with Crippen molar-refractivity contribution in [3.05, 3.63) is 35.1 Å². The van der Waals surface area contributed by atoms with Gasteiger partial charge in [0.2, 0.25) is 9.74 Å². The highest BCUT2D eigenvalue weighted by Crippen LogP contribution is 2.37. The van der Waals surface area contributed by atoms with Crippen molar-refractivity contribution in [2.75, 3.05) is 25.0 Å². The predicted molar refractivity (Wildman–Crippen MR) is 117 cm³/mol. The molecule has 1 N–H and O–H groups in total. The number of alkyl halides is 3. The minimum absolute atomic E-state index is 0.0922. The minimum atomic E-state index is -1.73. The molecule has 28 heavy (non-hydrogen) atoms. The Morgan fingerprint density at radius 3 is 2.29 bits per heavy atom. The lowest BCUT2D eigenvalue weighted by Crippen LogP contribution is -2.40. The van der Waals surface area contributed by atoms with Gasteiger partial charge in [0.25, 0.3) is 0 Å². The average molecular weight is 463 g/mol. The number of hydrogen-bond acceptors (Lipinski definition) is 5. The SMILES string of the molecule is CC(C)N1CCC(CNc2nc(-c3ccc(Cl)cc3)nc(C(Cl)(Cl)Cl)n2)CC1. The van der Waals surface area contributed by atoms with E-state index in [0.717, 1.165) is 38.0 Å². The van der Waals surface area contributed by atoms with Gasteiger partial charge in [-0.2, -0.15) is 9.97 Å². The third-order valence-corrected chi connectivity index (χ3v) is 5.68. The van der Waals surface area contributed by atoms with Crippen molar-refractivity contribution in [1.29, 1.82) is 0 Å². The Hall–Kier alpha value is -0.850. The fraction of sp³-hybridized carbons (Fsp3) is 0.526. The number of anilines is 1. The van der Waals surface area contributed by atoms with E-state index in [1.165, 1.54) is 0 Å². The van der Waals surface area contributed by atoms with Crippen LogP contribution < -0.4 is 5.32 Å². The molecular formula is C19H23Cl4N5. The van der Waals surface area contributed by atoms with Crippen LogP contribution in [-0.4, -0.2) is 45.5 Å². The summed E-state index contributed by atoms with van der Waals surface area (Å²) >= 11 is 24.1. The molecular weight excluding hydrogens is 440 g/mol. The highest BCUT2D eigenvalue weighted by atomic mass is 35.6. The van der Waals surface area contributed by atoms with E-state index in [2.05, 4.69) is 39.0 Å². The molecule has 0 amide bonds. The second kappa shape index (κ2) is 9.31. The molecule has 0 aliphatic carbocycles. The molecule has 0 spiro atoms. The second-order valence-corrected chi connectivity index (χ2v) is 9.98. The van der Waals surface area contributed by atoms with E-state index in [4.69, 9.17) is 46.4 Å². The Morgan fingerprint density at radius 2 is 1.71 bits per heavy atom. The first-order chi connectivity index (χ1) is 13.2. The molecule has 1 aromatic heterocycles. The Morgan fingerprint density at radius 1 is 1.07 bits per heavy atom. The average Bonchev–Trinajstić information content (AvgIpc) is 2.66. The van der Waals surface area contributed by atoms with Gasteiger partial charge in [0, 0.05) is 23.2 Å². The normalized spacial score (nSPS) is 16.5. The van der Waals surface area contributed by atoms with Crippen LogP contribution in [0.5, 0.6) is 0 Å². The third kappa shape index (κ3) is 5.83. The molecule has 2 heterocycles. The standard InChI is InChI=1S/C19H23Cl4N5/c1-12(2)28-9-7-13(8-10-28)11-24-18-26-16(14-3-5-15(20)6-4-14)25-17(27-18)19(21,22)23/h3-6,12-13H,7-11H2,1-2H3,(H,24,25,26,27). The summed E-state index contributed by atoms with van der Waals surface area (Å²) in [4.78, 5) is 15.6. The Balaban J connectivity index is 1.75. The van der Waals surface area contributed by atoms with Crippen molar-refractivity contribution in [2.45, 2.75) is 36.5 Å². The first kappa shape index (κ1) is 21.8. The van der Waals surface area contributed by atoms with Gasteiger partial charge in [0.05, 0.1) is 0 Å². The van der Waals surface area contributed by atoms with Gasteiger partial charge >= 0.3 is 0 Å². The maximum atomic E-state index is 6.03. The number of nitrogens with one attached hydrogen (secondary N) is 1. The molecule has 0 unspecified atom stereocenters. The van der Waals surface area contributed by atoms with Gasteiger partial charge < -0.3 is 10.2 Å². The number of hydrogen-bond donors (Lipinski definition) is 1. The number of piperidine rings is 1. The van der Waals surface area contributed by atoms with Crippen molar-refractivity contribution < 1.29 is 0 Å². The Labute approximate surface area is 185 Å². The fourth-order valence-electron chi connectivity index (χ4n) is 3.22. The zero-order valence-corrected chi connectivity index (χ0v) is 18.8. The summed E-state index contributed by atoms with van der Waals surface area (Å²) < 4.78 is -1.73. The summed E-state index contributed by atoms with van der Waals surface area (Å²) in [6.07, 6.45) is 2.27. The Kier molecular flexibility index (Phi) is 7.26. The van der Waals surface area contributed by atoms with Gasteiger partial charge in [-0.05, 0) is 70.0 Å². The number of benzene rings is 1. The quantitative estimate of drug-likeness (QED) is 0.590. The van der Waals surface area contributed by atoms with E-state index in [1.54, 1.807) is 12.1 Å². The molecule has 5 nitrogen and oxygen atoms in total. The monoisotopic (exact) mass is 461 g/mol. The number of halogens is 4. The van der Waals surface area contributed by atoms with Gasteiger partial charge in [-0.1, -0.05) is 46.4 Å². The maximum Gasteiger partial charge on any atom is 0.250 e. The van der Waals surface area contributed by atoms with Gasteiger partial charge in [-0.3, -0.25) is 0 Å². The molecule has 0 atom stereocenters. The molecule has 0 bridgehead atoms. The lowest BCUT2D eigenvalue weighted by molar-refractivity contribution is 0.153. The van der Waals surface area contributed by atoms with Crippen LogP contribution in [0.15, 0.2) is 24.3 Å². The van der Waals surface area contributed by atoms with Crippen LogP contribution >= 0.6 is 46.4 Å². The van der Waals surface area contributed by atoms with E-state index >= 15 is 0 Å². The van der Waals surface area contributed by atoms with E-state index in [0.29, 0.717) is 28.8 Å². The number of rotatable bonds is 5. The van der Waals surface area contributed by atoms with Crippen molar-refractivity contribution in [3.8, 4) is 11.4 Å². The smallest absolute Gasteiger partial charge is 0.250 e. The van der Waals surface area contributed by atoms with Crippen LogP contribution in [0.4, 0.5) is 5.95 Å². The maximum absolute atomic E-state index is 6.03. The molecule has 1 fully saturated rings. The van der Waals surface area contributed by atoms with Gasteiger partial charge in [0.15, 0.2) is 11.6 Å². The summed E-state index contributed by atoms with van der Waals surface area (Å²) in [7, 11) is 0. The summed E-state index contributed by atoms with van der Waals surface area (Å²) in [5, 5.41) is 3.94. The molecule has 1 aliphatic heterocycles.